The van der Waals surface area contributed by atoms with Gasteiger partial charge in [-0.05, 0) is 47.4 Å². The first-order valence-electron chi connectivity index (χ1n) is 8.85. The number of halogens is 3. The van der Waals surface area contributed by atoms with Gasteiger partial charge in [-0.15, -0.1) is 13.2 Å². The third-order valence-corrected chi connectivity index (χ3v) is 4.92. The number of carbonyl (C=O) groups is 3. The van der Waals surface area contributed by atoms with Gasteiger partial charge in [0.1, 0.15) is 11.8 Å². The van der Waals surface area contributed by atoms with Gasteiger partial charge in [0.2, 0.25) is 11.8 Å². The molecule has 9 heteroatoms. The topological polar surface area (TPSA) is 75.7 Å². The summed E-state index contributed by atoms with van der Waals surface area (Å²) in [5, 5.41) is 2.24. The van der Waals surface area contributed by atoms with Gasteiger partial charge in [0.15, 0.2) is 0 Å². The lowest BCUT2D eigenvalue weighted by Crippen LogP contribution is -2.52. The molecule has 1 fully saturated rings. The van der Waals surface area contributed by atoms with E-state index in [2.05, 4.69) is 10.1 Å². The van der Waals surface area contributed by atoms with Crippen molar-refractivity contribution in [2.24, 2.45) is 0 Å². The SMILES string of the molecule is O=C1CCC(N2Cc3cc(-c4cccc(OC(F)(F)F)c4)ccc3C2=O)C(=O)N1. The van der Waals surface area contributed by atoms with Crippen LogP contribution in [0.2, 0.25) is 0 Å². The Kier molecular flexibility index (Phi) is 4.52. The van der Waals surface area contributed by atoms with E-state index >= 15 is 0 Å². The first-order chi connectivity index (χ1) is 13.7. The van der Waals surface area contributed by atoms with Crippen molar-refractivity contribution in [3.8, 4) is 16.9 Å². The lowest BCUT2D eigenvalue weighted by Gasteiger charge is -2.29. The predicted octanol–water partition coefficient (Wildman–Crippen LogP) is 3.01. The van der Waals surface area contributed by atoms with E-state index in [-0.39, 0.29) is 37.0 Å². The molecule has 4 rings (SSSR count). The Bertz CT molecular complexity index is 1020. The molecule has 0 bridgehead atoms. The molecular formula is C20H15F3N2O4. The molecule has 1 atom stereocenters. The van der Waals surface area contributed by atoms with Crippen LogP contribution in [-0.2, 0) is 16.1 Å². The first kappa shape index (κ1) is 19.0. The average Bonchev–Trinajstić information content (AvgIpc) is 2.96. The number of amides is 3. The van der Waals surface area contributed by atoms with Crippen LogP contribution in [0.25, 0.3) is 11.1 Å². The van der Waals surface area contributed by atoms with Gasteiger partial charge in [-0.1, -0.05) is 18.2 Å². The highest BCUT2D eigenvalue weighted by atomic mass is 19.4. The van der Waals surface area contributed by atoms with Crippen molar-refractivity contribution in [1.82, 2.24) is 10.2 Å². The van der Waals surface area contributed by atoms with E-state index in [1.54, 1.807) is 24.3 Å². The van der Waals surface area contributed by atoms with Gasteiger partial charge in [0.25, 0.3) is 5.91 Å². The number of hydrogen-bond acceptors (Lipinski definition) is 4. The summed E-state index contributed by atoms with van der Waals surface area (Å²) in [6.07, 6.45) is -4.37. The van der Waals surface area contributed by atoms with Crippen molar-refractivity contribution in [3.63, 3.8) is 0 Å². The largest absolute Gasteiger partial charge is 0.573 e. The van der Waals surface area contributed by atoms with Gasteiger partial charge in [-0.2, -0.15) is 0 Å². The summed E-state index contributed by atoms with van der Waals surface area (Å²) in [6, 6.07) is 9.78. The van der Waals surface area contributed by atoms with Crippen molar-refractivity contribution >= 4 is 17.7 Å². The summed E-state index contributed by atoms with van der Waals surface area (Å²) in [4.78, 5) is 37.5. The molecule has 2 aliphatic rings. The summed E-state index contributed by atoms with van der Waals surface area (Å²) in [7, 11) is 0. The Labute approximate surface area is 163 Å². The molecular weight excluding hydrogens is 389 g/mol. The van der Waals surface area contributed by atoms with Gasteiger partial charge in [0, 0.05) is 18.5 Å². The van der Waals surface area contributed by atoms with Gasteiger partial charge in [-0.25, -0.2) is 0 Å². The molecule has 2 aromatic rings. The van der Waals surface area contributed by atoms with Gasteiger partial charge in [-0.3, -0.25) is 19.7 Å². The number of piperidine rings is 1. The van der Waals surface area contributed by atoms with Crippen LogP contribution < -0.4 is 10.1 Å². The molecule has 29 heavy (non-hydrogen) atoms. The second-order valence-corrected chi connectivity index (χ2v) is 6.85. The highest BCUT2D eigenvalue weighted by Gasteiger charge is 2.39. The predicted molar refractivity (Wildman–Crippen MR) is 94.6 cm³/mol. The van der Waals surface area contributed by atoms with Gasteiger partial charge < -0.3 is 9.64 Å². The van der Waals surface area contributed by atoms with E-state index in [4.69, 9.17) is 0 Å². The molecule has 1 unspecified atom stereocenters. The third kappa shape index (κ3) is 3.80. The molecule has 150 valence electrons. The van der Waals surface area contributed by atoms with E-state index in [0.29, 0.717) is 22.3 Å². The van der Waals surface area contributed by atoms with Crippen molar-refractivity contribution < 1.29 is 32.3 Å². The number of rotatable bonds is 3. The summed E-state index contributed by atoms with van der Waals surface area (Å²) >= 11 is 0. The van der Waals surface area contributed by atoms with Crippen LogP contribution in [-0.4, -0.2) is 35.0 Å². The van der Waals surface area contributed by atoms with Crippen LogP contribution in [0.3, 0.4) is 0 Å². The molecule has 6 nitrogen and oxygen atoms in total. The standard InChI is InChI=1S/C20H15F3N2O4/c21-20(22,23)29-14-3-1-2-11(9-14)12-4-5-15-13(8-12)10-25(19(15)28)16-6-7-17(26)24-18(16)27/h1-5,8-9,16H,6-7,10H2,(H,24,26,27). The molecule has 2 heterocycles. The summed E-state index contributed by atoms with van der Waals surface area (Å²) in [5.41, 5.74) is 2.22. The van der Waals surface area contributed by atoms with Gasteiger partial charge >= 0.3 is 6.36 Å². The molecule has 1 N–H and O–H groups in total. The Morgan fingerprint density at radius 1 is 1.03 bits per heavy atom. The number of imide groups is 1. The van der Waals surface area contributed by atoms with Crippen LogP contribution in [0, 0.1) is 0 Å². The quantitative estimate of drug-likeness (QED) is 0.798. The average molecular weight is 404 g/mol. The molecule has 0 saturated carbocycles. The second kappa shape index (κ2) is 6.91. The zero-order valence-electron chi connectivity index (χ0n) is 15.0. The number of fused-ring (bicyclic) bond motifs is 1. The Balaban J connectivity index is 1.59. The normalized spacial score (nSPS) is 19.2. The lowest BCUT2D eigenvalue weighted by molar-refractivity contribution is -0.274. The number of nitrogens with zero attached hydrogens (tertiary/aromatic N) is 1. The number of ether oxygens (including phenoxy) is 1. The van der Waals surface area contributed by atoms with Crippen LogP contribution >= 0.6 is 0 Å². The second-order valence-electron chi connectivity index (χ2n) is 6.85. The maximum Gasteiger partial charge on any atom is 0.573 e. The Morgan fingerprint density at radius 3 is 2.52 bits per heavy atom. The molecule has 0 spiro atoms. The molecule has 1 saturated heterocycles. The van der Waals surface area contributed by atoms with E-state index < -0.39 is 18.3 Å². The van der Waals surface area contributed by atoms with Crippen LogP contribution in [0.5, 0.6) is 5.75 Å². The van der Waals surface area contributed by atoms with E-state index in [1.807, 2.05) is 0 Å². The molecule has 3 amide bonds. The molecule has 0 aromatic heterocycles. The minimum atomic E-state index is -4.79. The highest BCUT2D eigenvalue weighted by Crippen LogP contribution is 2.33. The van der Waals surface area contributed by atoms with Crippen molar-refractivity contribution in [3.05, 3.63) is 53.6 Å². The minimum absolute atomic E-state index is 0.160. The zero-order chi connectivity index (χ0) is 20.8. The van der Waals surface area contributed by atoms with Crippen LogP contribution in [0.15, 0.2) is 42.5 Å². The van der Waals surface area contributed by atoms with Crippen molar-refractivity contribution in [1.29, 1.82) is 0 Å². The van der Waals surface area contributed by atoms with Crippen LogP contribution in [0.1, 0.15) is 28.8 Å². The van der Waals surface area contributed by atoms with Crippen LogP contribution in [0.4, 0.5) is 13.2 Å². The maximum atomic E-state index is 12.7. The zero-order valence-corrected chi connectivity index (χ0v) is 15.0. The fraction of sp³-hybridized carbons (Fsp3) is 0.250. The smallest absolute Gasteiger partial charge is 0.406 e. The van der Waals surface area contributed by atoms with E-state index in [9.17, 15) is 27.6 Å². The Morgan fingerprint density at radius 2 is 1.79 bits per heavy atom. The monoisotopic (exact) mass is 404 g/mol. The van der Waals surface area contributed by atoms with Gasteiger partial charge in [0.05, 0.1) is 0 Å². The fourth-order valence-electron chi connectivity index (χ4n) is 3.63. The summed E-state index contributed by atoms with van der Waals surface area (Å²) in [6.45, 7) is 0.188. The summed E-state index contributed by atoms with van der Waals surface area (Å²) in [5.74, 6) is -1.51. The molecule has 2 aliphatic heterocycles. The Hall–Kier alpha value is -3.36. The third-order valence-electron chi connectivity index (χ3n) is 4.92. The number of carbonyl (C=O) groups excluding carboxylic acids is 3. The van der Waals surface area contributed by atoms with E-state index in [1.165, 1.54) is 23.1 Å². The highest BCUT2D eigenvalue weighted by molar-refractivity contribution is 6.05. The first-order valence-corrected chi connectivity index (χ1v) is 8.85. The number of benzene rings is 2. The number of nitrogens with one attached hydrogen (secondary N) is 1. The molecule has 2 aromatic carbocycles. The van der Waals surface area contributed by atoms with E-state index in [0.717, 1.165) is 0 Å². The lowest BCUT2D eigenvalue weighted by atomic mass is 10.0. The van der Waals surface area contributed by atoms with Crippen molar-refractivity contribution in [2.75, 3.05) is 0 Å². The molecule has 0 aliphatic carbocycles. The van der Waals surface area contributed by atoms with Crippen molar-refractivity contribution in [2.45, 2.75) is 31.8 Å². The fourth-order valence-corrected chi connectivity index (χ4v) is 3.63. The summed E-state index contributed by atoms with van der Waals surface area (Å²) < 4.78 is 41.3. The minimum Gasteiger partial charge on any atom is -0.406 e. The molecule has 0 radical (unpaired) electrons. The maximum absolute atomic E-state index is 12.7. The number of alkyl halides is 3. The number of hydrogen-bond donors (Lipinski definition) is 1.